The molecule has 0 aliphatic carbocycles. The van der Waals surface area contributed by atoms with Gasteiger partial charge in [0.05, 0.1) is 6.10 Å². The predicted molar refractivity (Wildman–Crippen MR) is 47.9 cm³/mol. The summed E-state index contributed by atoms with van der Waals surface area (Å²) < 4.78 is 0. The molecule has 1 aromatic carbocycles. The Morgan fingerprint density at radius 3 is 2.77 bits per heavy atom. The number of benzene rings is 1. The van der Waals surface area contributed by atoms with Crippen molar-refractivity contribution in [3.8, 4) is 5.75 Å². The van der Waals surface area contributed by atoms with Crippen molar-refractivity contribution in [1.82, 2.24) is 0 Å². The van der Waals surface area contributed by atoms with Gasteiger partial charge in [-0.05, 0) is 6.07 Å². The van der Waals surface area contributed by atoms with Crippen LogP contribution in [0.3, 0.4) is 0 Å². The van der Waals surface area contributed by atoms with Gasteiger partial charge in [-0.15, -0.1) is 0 Å². The van der Waals surface area contributed by atoms with E-state index in [-0.39, 0.29) is 12.2 Å². The average Bonchev–Trinajstić information content (AvgIpc) is 2.15. The van der Waals surface area contributed by atoms with E-state index in [1.54, 1.807) is 24.1 Å². The van der Waals surface area contributed by atoms with Crippen LogP contribution < -0.4 is 0 Å². The van der Waals surface area contributed by atoms with Crippen LogP contribution >= 0.6 is 0 Å². The summed E-state index contributed by atoms with van der Waals surface area (Å²) in [6.45, 7) is 0. The zero-order valence-corrected chi connectivity index (χ0v) is 6.97. The first-order chi connectivity index (χ1) is 6.25. The highest BCUT2D eigenvalue weighted by Crippen LogP contribution is 2.25. The van der Waals surface area contributed by atoms with Gasteiger partial charge in [0.15, 0.2) is 0 Å². The monoisotopic (exact) mass is 178 g/mol. The molecule has 0 aliphatic heterocycles. The zero-order chi connectivity index (χ0) is 9.68. The van der Waals surface area contributed by atoms with Gasteiger partial charge in [-0.1, -0.05) is 18.2 Å². The van der Waals surface area contributed by atoms with Crippen LogP contribution in [-0.2, 0) is 4.79 Å². The minimum Gasteiger partial charge on any atom is -0.508 e. The number of aromatic hydroxyl groups is 1. The molecule has 0 amide bonds. The van der Waals surface area contributed by atoms with Crippen molar-refractivity contribution >= 4 is 5.94 Å². The lowest BCUT2D eigenvalue weighted by Crippen LogP contribution is -1.95. The highest BCUT2D eigenvalue weighted by atomic mass is 16.3. The van der Waals surface area contributed by atoms with Gasteiger partial charge in [0.2, 0.25) is 0 Å². The van der Waals surface area contributed by atoms with Crippen LogP contribution in [0.4, 0.5) is 0 Å². The van der Waals surface area contributed by atoms with Gasteiger partial charge in [-0.2, -0.15) is 0 Å². The molecule has 1 unspecified atom stereocenters. The molecule has 3 heteroatoms. The van der Waals surface area contributed by atoms with E-state index in [9.17, 15) is 15.0 Å². The molecule has 0 aromatic heterocycles. The van der Waals surface area contributed by atoms with Crippen LogP contribution in [0, 0.1) is 0 Å². The van der Waals surface area contributed by atoms with Gasteiger partial charge in [0.1, 0.15) is 11.7 Å². The quantitative estimate of drug-likeness (QED) is 0.684. The molecule has 0 aliphatic rings. The highest BCUT2D eigenvalue weighted by Gasteiger charge is 2.09. The lowest BCUT2D eigenvalue weighted by atomic mass is 10.1. The smallest absolute Gasteiger partial charge is 0.121 e. The molecule has 2 N–H and O–H groups in total. The van der Waals surface area contributed by atoms with Crippen LogP contribution in [0.1, 0.15) is 18.1 Å². The summed E-state index contributed by atoms with van der Waals surface area (Å²) in [6, 6.07) is 6.48. The lowest BCUT2D eigenvalue weighted by Gasteiger charge is -2.08. The fourth-order valence-corrected chi connectivity index (χ4v) is 1.06. The molecule has 0 bridgehead atoms. The third kappa shape index (κ3) is 2.44. The van der Waals surface area contributed by atoms with E-state index < -0.39 is 6.10 Å². The Bertz CT molecular complexity index is 327. The van der Waals surface area contributed by atoms with Crippen LogP contribution in [0.2, 0.25) is 0 Å². The first-order valence-corrected chi connectivity index (χ1v) is 3.91. The number of carbonyl (C=O) groups excluding carboxylic acids is 1. The van der Waals surface area contributed by atoms with Gasteiger partial charge < -0.3 is 10.2 Å². The molecule has 0 saturated carbocycles. The van der Waals surface area contributed by atoms with Gasteiger partial charge in [-0.25, -0.2) is 4.79 Å². The fourth-order valence-electron chi connectivity index (χ4n) is 1.06. The van der Waals surface area contributed by atoms with E-state index in [0.29, 0.717) is 5.56 Å². The van der Waals surface area contributed by atoms with Crippen LogP contribution in [0.15, 0.2) is 30.3 Å². The number of aliphatic hydroxyl groups excluding tert-OH is 1. The Morgan fingerprint density at radius 2 is 2.15 bits per heavy atom. The van der Waals surface area contributed by atoms with Crippen LogP contribution in [0.5, 0.6) is 5.75 Å². The molecule has 0 spiro atoms. The summed E-state index contributed by atoms with van der Waals surface area (Å²) in [4.78, 5) is 9.87. The number of phenols is 1. The second-order valence-electron chi connectivity index (χ2n) is 2.63. The van der Waals surface area contributed by atoms with Crippen molar-refractivity contribution in [2.24, 2.45) is 0 Å². The maximum atomic E-state index is 9.87. The van der Waals surface area contributed by atoms with Gasteiger partial charge in [-0.3, -0.25) is 0 Å². The van der Waals surface area contributed by atoms with Gasteiger partial charge >= 0.3 is 0 Å². The van der Waals surface area contributed by atoms with Crippen molar-refractivity contribution in [2.75, 3.05) is 0 Å². The van der Waals surface area contributed by atoms with Crippen molar-refractivity contribution in [1.29, 1.82) is 0 Å². The zero-order valence-electron chi connectivity index (χ0n) is 6.97. The van der Waals surface area contributed by atoms with E-state index in [1.165, 1.54) is 12.1 Å². The van der Waals surface area contributed by atoms with E-state index in [4.69, 9.17) is 0 Å². The van der Waals surface area contributed by atoms with Crippen LogP contribution in [0.25, 0.3) is 0 Å². The molecular formula is C10H10O3. The molecule has 0 fully saturated rings. The Morgan fingerprint density at radius 1 is 1.46 bits per heavy atom. The molecular weight excluding hydrogens is 168 g/mol. The van der Waals surface area contributed by atoms with Gasteiger partial charge in [0.25, 0.3) is 0 Å². The lowest BCUT2D eigenvalue weighted by molar-refractivity contribution is 0.178. The Hall–Kier alpha value is -1.57. The molecule has 3 nitrogen and oxygen atoms in total. The number of rotatable bonds is 3. The second-order valence-corrected chi connectivity index (χ2v) is 2.63. The number of hydrogen-bond donors (Lipinski definition) is 2. The summed E-state index contributed by atoms with van der Waals surface area (Å²) in [5.41, 5.74) is 0.425. The second kappa shape index (κ2) is 4.45. The average molecular weight is 178 g/mol. The number of hydrogen-bond acceptors (Lipinski definition) is 3. The van der Waals surface area contributed by atoms with E-state index in [0.717, 1.165) is 0 Å². The molecule has 13 heavy (non-hydrogen) atoms. The number of para-hydroxylation sites is 1. The van der Waals surface area contributed by atoms with Crippen molar-refractivity contribution in [2.45, 2.75) is 12.5 Å². The minimum absolute atomic E-state index is 0.0364. The summed E-state index contributed by atoms with van der Waals surface area (Å²) in [7, 11) is 0. The van der Waals surface area contributed by atoms with E-state index >= 15 is 0 Å². The third-order valence-corrected chi connectivity index (χ3v) is 1.72. The third-order valence-electron chi connectivity index (χ3n) is 1.72. The summed E-state index contributed by atoms with van der Waals surface area (Å²) in [5, 5.41) is 18.8. The highest BCUT2D eigenvalue weighted by molar-refractivity contribution is 5.45. The predicted octanol–water partition coefficient (Wildman–Crippen LogP) is 1.20. The first kappa shape index (κ1) is 9.52. The topological polar surface area (TPSA) is 57.5 Å². The number of phenolic OH excluding ortho intramolecular Hbond substituents is 1. The summed E-state index contributed by atoms with van der Waals surface area (Å²) in [6.07, 6.45) is 0.515. The fraction of sp³-hybridized carbons (Fsp3) is 0.200. The van der Waals surface area contributed by atoms with E-state index in [1.807, 2.05) is 0 Å². The minimum atomic E-state index is -0.845. The molecule has 1 aromatic rings. The molecule has 0 radical (unpaired) electrons. The van der Waals surface area contributed by atoms with Crippen LogP contribution in [-0.4, -0.2) is 16.2 Å². The Kier molecular flexibility index (Phi) is 3.26. The molecule has 1 rings (SSSR count). The largest absolute Gasteiger partial charge is 0.508 e. The molecule has 0 saturated heterocycles. The normalized spacial score (nSPS) is 11.8. The Labute approximate surface area is 76.0 Å². The Balaban J connectivity index is 2.81. The summed E-state index contributed by atoms with van der Waals surface area (Å²) >= 11 is 0. The maximum Gasteiger partial charge on any atom is 0.121 e. The van der Waals surface area contributed by atoms with Crippen molar-refractivity contribution in [3.05, 3.63) is 35.9 Å². The van der Waals surface area contributed by atoms with Crippen molar-refractivity contribution in [3.63, 3.8) is 0 Å². The first-order valence-electron chi connectivity index (χ1n) is 3.91. The maximum absolute atomic E-state index is 9.87. The van der Waals surface area contributed by atoms with E-state index in [2.05, 4.69) is 0 Å². The SMILES string of the molecule is O=C=CCC(O)c1ccccc1O. The summed E-state index contributed by atoms with van der Waals surface area (Å²) in [5.74, 6) is 1.61. The molecule has 1 atom stereocenters. The van der Waals surface area contributed by atoms with Gasteiger partial charge in [0, 0.05) is 18.1 Å². The van der Waals surface area contributed by atoms with Crippen molar-refractivity contribution < 1.29 is 15.0 Å². The number of aliphatic hydroxyl groups is 1. The standard InChI is InChI=1S/C10H10O3/c11-7-3-6-10(13)8-4-1-2-5-9(8)12/h1-5,10,12-13H,6H2. The molecule has 68 valence electrons. The molecule has 0 heterocycles.